The Morgan fingerprint density at radius 3 is 2.43 bits per heavy atom. The number of hydrogen-bond acceptors (Lipinski definition) is 2. The lowest BCUT2D eigenvalue weighted by molar-refractivity contribution is -0.182. The van der Waals surface area contributed by atoms with Gasteiger partial charge < -0.3 is 9.47 Å². The van der Waals surface area contributed by atoms with Crippen LogP contribution in [-0.4, -0.2) is 39.6 Å². The highest BCUT2D eigenvalue weighted by Gasteiger charge is 2.49. The number of fused-ring (bicyclic) bond motifs is 1. The molecule has 3 aromatic rings. The number of aromatic nitrogens is 2. The molecule has 28 heavy (non-hydrogen) atoms. The van der Waals surface area contributed by atoms with Gasteiger partial charge in [0.05, 0.1) is 23.8 Å². The first-order chi connectivity index (χ1) is 13.3. The first-order valence-corrected chi connectivity index (χ1v) is 9.08. The Morgan fingerprint density at radius 2 is 1.75 bits per heavy atom. The highest BCUT2D eigenvalue weighted by molar-refractivity contribution is 5.87. The molecule has 0 aliphatic carbocycles. The van der Waals surface area contributed by atoms with Crippen molar-refractivity contribution in [1.29, 1.82) is 0 Å². The van der Waals surface area contributed by atoms with E-state index in [4.69, 9.17) is 0 Å². The van der Waals surface area contributed by atoms with Gasteiger partial charge in [0.2, 0.25) is 5.91 Å². The van der Waals surface area contributed by atoms with Gasteiger partial charge in [-0.2, -0.15) is 13.2 Å². The van der Waals surface area contributed by atoms with Crippen LogP contribution in [0.2, 0.25) is 0 Å². The van der Waals surface area contributed by atoms with Gasteiger partial charge >= 0.3 is 6.18 Å². The molecule has 0 N–H and O–H groups in total. The van der Waals surface area contributed by atoms with E-state index in [1.165, 1.54) is 4.90 Å². The highest BCUT2D eigenvalue weighted by Crippen LogP contribution is 2.41. The third-order valence-electron chi connectivity index (χ3n) is 5.19. The van der Waals surface area contributed by atoms with Crippen molar-refractivity contribution in [3.05, 3.63) is 66.5 Å². The van der Waals surface area contributed by atoms with Crippen molar-refractivity contribution in [2.45, 2.75) is 25.6 Å². The van der Waals surface area contributed by atoms with E-state index in [2.05, 4.69) is 4.98 Å². The molecule has 146 valence electrons. The predicted octanol–water partition coefficient (Wildman–Crippen LogP) is 4.43. The van der Waals surface area contributed by atoms with E-state index in [0.717, 1.165) is 16.6 Å². The first kappa shape index (κ1) is 18.5. The van der Waals surface area contributed by atoms with E-state index in [9.17, 15) is 18.0 Å². The van der Waals surface area contributed by atoms with Gasteiger partial charge in [-0.05, 0) is 17.7 Å². The van der Waals surface area contributed by atoms with Crippen LogP contribution in [0.15, 0.2) is 60.9 Å². The average molecular weight is 387 g/mol. The minimum absolute atomic E-state index is 0.0985. The summed E-state index contributed by atoms with van der Waals surface area (Å²) in [6.07, 6.45) is -3.49. The molecular formula is C21H20F3N3O. The molecule has 1 fully saturated rings. The lowest BCUT2D eigenvalue weighted by atomic mass is 9.78. The largest absolute Gasteiger partial charge is 0.389 e. The molecule has 1 aliphatic heterocycles. The zero-order valence-electron chi connectivity index (χ0n) is 15.4. The SMILES string of the molecule is CC1(CC(F)(F)F)CN(C(=O)C(c2ccccc2)n2cnc3ccccc32)C1. The summed E-state index contributed by atoms with van der Waals surface area (Å²) in [6, 6.07) is 16.1. The van der Waals surface area contributed by atoms with Crippen molar-refractivity contribution in [3.8, 4) is 0 Å². The quantitative estimate of drug-likeness (QED) is 0.664. The van der Waals surface area contributed by atoms with E-state index in [1.807, 2.05) is 54.6 Å². The Morgan fingerprint density at radius 1 is 1.11 bits per heavy atom. The van der Waals surface area contributed by atoms with E-state index in [-0.39, 0.29) is 19.0 Å². The number of nitrogens with zero attached hydrogens (tertiary/aromatic N) is 3. The number of carbonyl (C=O) groups is 1. The molecule has 2 heterocycles. The van der Waals surface area contributed by atoms with Gasteiger partial charge in [0.1, 0.15) is 6.04 Å². The number of likely N-dealkylation sites (tertiary alicyclic amines) is 1. The molecule has 4 rings (SSSR count). The lowest BCUT2D eigenvalue weighted by Crippen LogP contribution is -2.59. The lowest BCUT2D eigenvalue weighted by Gasteiger charge is -2.49. The van der Waals surface area contributed by atoms with Crippen molar-refractivity contribution < 1.29 is 18.0 Å². The van der Waals surface area contributed by atoms with Crippen LogP contribution < -0.4 is 0 Å². The van der Waals surface area contributed by atoms with Gasteiger partial charge in [-0.1, -0.05) is 49.4 Å². The second-order valence-electron chi connectivity index (χ2n) is 7.75. The van der Waals surface area contributed by atoms with Crippen molar-refractivity contribution in [2.24, 2.45) is 5.41 Å². The van der Waals surface area contributed by atoms with Crippen molar-refractivity contribution in [1.82, 2.24) is 14.5 Å². The van der Waals surface area contributed by atoms with Crippen LogP contribution in [-0.2, 0) is 4.79 Å². The number of para-hydroxylation sites is 2. The Bertz CT molecular complexity index is 991. The molecule has 1 amide bonds. The molecule has 0 spiro atoms. The smallest absolute Gasteiger partial charge is 0.339 e. The van der Waals surface area contributed by atoms with Gasteiger partial charge in [0.25, 0.3) is 0 Å². The summed E-state index contributed by atoms with van der Waals surface area (Å²) in [5.41, 5.74) is 1.43. The number of imidazole rings is 1. The highest BCUT2D eigenvalue weighted by atomic mass is 19.4. The average Bonchev–Trinajstić information content (AvgIpc) is 3.03. The number of halogens is 3. The maximum Gasteiger partial charge on any atom is 0.389 e. The van der Waals surface area contributed by atoms with Gasteiger partial charge in [-0.15, -0.1) is 0 Å². The normalized spacial score (nSPS) is 17.4. The maximum absolute atomic E-state index is 13.3. The Kier molecular flexibility index (Phi) is 4.40. The molecule has 1 atom stereocenters. The van der Waals surface area contributed by atoms with E-state index < -0.39 is 24.1 Å². The molecule has 2 aromatic carbocycles. The molecule has 0 bridgehead atoms. The van der Waals surface area contributed by atoms with Crippen molar-refractivity contribution >= 4 is 16.9 Å². The van der Waals surface area contributed by atoms with Crippen LogP contribution in [0.3, 0.4) is 0 Å². The molecule has 0 radical (unpaired) electrons. The molecule has 1 aromatic heterocycles. The fraction of sp³-hybridized carbons (Fsp3) is 0.333. The summed E-state index contributed by atoms with van der Waals surface area (Å²) < 4.78 is 40.2. The standard InChI is InChI=1S/C21H20F3N3O/c1-20(11-21(22,23)24)12-26(13-20)19(28)18(15-7-3-2-4-8-15)27-14-25-16-9-5-6-10-17(16)27/h2-10,14,18H,11-13H2,1H3. The fourth-order valence-electron chi connectivity index (χ4n) is 4.04. The summed E-state index contributed by atoms with van der Waals surface area (Å²) in [5, 5.41) is 0. The molecule has 1 unspecified atom stereocenters. The number of carbonyl (C=O) groups excluding carboxylic acids is 1. The Hall–Kier alpha value is -2.83. The van der Waals surface area contributed by atoms with Crippen LogP contribution in [0.25, 0.3) is 11.0 Å². The van der Waals surface area contributed by atoms with Gasteiger partial charge in [-0.25, -0.2) is 4.98 Å². The fourth-order valence-corrected chi connectivity index (χ4v) is 4.04. The molecule has 1 saturated heterocycles. The third-order valence-corrected chi connectivity index (χ3v) is 5.19. The van der Waals surface area contributed by atoms with Crippen LogP contribution in [0.4, 0.5) is 13.2 Å². The second kappa shape index (κ2) is 6.65. The Labute approximate surface area is 160 Å². The molecular weight excluding hydrogens is 367 g/mol. The maximum atomic E-state index is 13.3. The summed E-state index contributed by atoms with van der Waals surface area (Å²) >= 11 is 0. The minimum Gasteiger partial charge on any atom is -0.339 e. The van der Waals surface area contributed by atoms with Crippen LogP contribution in [0, 0.1) is 5.41 Å². The number of amides is 1. The van der Waals surface area contributed by atoms with Crippen molar-refractivity contribution in [2.75, 3.05) is 13.1 Å². The zero-order valence-corrected chi connectivity index (χ0v) is 15.4. The number of benzene rings is 2. The van der Waals surface area contributed by atoms with Crippen LogP contribution >= 0.6 is 0 Å². The van der Waals surface area contributed by atoms with Gasteiger partial charge in [0, 0.05) is 18.5 Å². The van der Waals surface area contributed by atoms with Gasteiger partial charge in [0.15, 0.2) is 0 Å². The van der Waals surface area contributed by atoms with E-state index in [1.54, 1.807) is 17.8 Å². The molecule has 4 nitrogen and oxygen atoms in total. The van der Waals surface area contributed by atoms with E-state index in [0.29, 0.717) is 0 Å². The summed E-state index contributed by atoms with van der Waals surface area (Å²) in [6.45, 7) is 1.77. The summed E-state index contributed by atoms with van der Waals surface area (Å²) in [4.78, 5) is 19.2. The molecule has 1 aliphatic rings. The topological polar surface area (TPSA) is 38.1 Å². The van der Waals surface area contributed by atoms with E-state index >= 15 is 0 Å². The number of hydrogen-bond donors (Lipinski definition) is 0. The summed E-state index contributed by atoms with van der Waals surface area (Å²) in [5.74, 6) is -0.214. The summed E-state index contributed by atoms with van der Waals surface area (Å²) in [7, 11) is 0. The van der Waals surface area contributed by atoms with Gasteiger partial charge in [-0.3, -0.25) is 4.79 Å². The third kappa shape index (κ3) is 3.48. The van der Waals surface area contributed by atoms with Crippen molar-refractivity contribution in [3.63, 3.8) is 0 Å². The van der Waals surface area contributed by atoms with Crippen LogP contribution in [0.1, 0.15) is 24.9 Å². The molecule has 0 saturated carbocycles. The minimum atomic E-state index is -4.23. The number of alkyl halides is 3. The van der Waals surface area contributed by atoms with Crippen LogP contribution in [0.5, 0.6) is 0 Å². The zero-order chi connectivity index (χ0) is 19.9. The Balaban J connectivity index is 1.65. The second-order valence-corrected chi connectivity index (χ2v) is 7.75. The number of rotatable bonds is 4. The first-order valence-electron chi connectivity index (χ1n) is 9.08. The monoisotopic (exact) mass is 387 g/mol. The molecule has 7 heteroatoms. The predicted molar refractivity (Wildman–Crippen MR) is 99.7 cm³/mol.